The van der Waals surface area contributed by atoms with Crippen molar-refractivity contribution in [1.82, 2.24) is 14.5 Å². The maximum Gasteiger partial charge on any atom is 0.227 e. The van der Waals surface area contributed by atoms with Gasteiger partial charge in [0, 0.05) is 26.0 Å². The third-order valence-electron chi connectivity index (χ3n) is 5.40. The van der Waals surface area contributed by atoms with Gasteiger partial charge < -0.3 is 9.30 Å². The molecule has 0 N–H and O–H groups in total. The molecule has 0 unspecified atom stereocenters. The average molecular weight is 414 g/mol. The Kier molecular flexibility index (Phi) is 5.72. The first-order chi connectivity index (χ1) is 13.9. The molecule has 0 aliphatic carbocycles. The minimum atomic E-state index is -3.40. The fraction of sp³-hybridized carbons (Fsp3) is 0.409. The Bertz CT molecular complexity index is 1100. The number of hydrogen-bond donors (Lipinski definition) is 0. The van der Waals surface area contributed by atoms with Crippen LogP contribution < -0.4 is 0 Å². The highest BCUT2D eigenvalue weighted by molar-refractivity contribution is 7.90. The highest BCUT2D eigenvalue weighted by atomic mass is 32.2. The monoisotopic (exact) mass is 413 g/mol. The van der Waals surface area contributed by atoms with Gasteiger partial charge in [-0.3, -0.25) is 4.90 Å². The van der Waals surface area contributed by atoms with Crippen molar-refractivity contribution in [2.24, 2.45) is 0 Å². The summed E-state index contributed by atoms with van der Waals surface area (Å²) in [6.45, 7) is 2.64. The summed E-state index contributed by atoms with van der Waals surface area (Å²) in [5, 5.41) is 2.59. The van der Waals surface area contributed by atoms with Crippen molar-refractivity contribution < 1.29 is 13.2 Å². The van der Waals surface area contributed by atoms with Crippen LogP contribution in [-0.2, 0) is 34.2 Å². The number of rotatable bonds is 7. The molecule has 6 nitrogen and oxygen atoms in total. The molecule has 1 aromatic heterocycles. The van der Waals surface area contributed by atoms with E-state index in [1.54, 1.807) is 6.20 Å². The van der Waals surface area contributed by atoms with Gasteiger partial charge in [0.1, 0.15) is 0 Å². The van der Waals surface area contributed by atoms with Gasteiger partial charge in [-0.1, -0.05) is 42.5 Å². The molecule has 1 aliphatic heterocycles. The van der Waals surface area contributed by atoms with Gasteiger partial charge in [-0.2, -0.15) is 0 Å². The molecule has 29 heavy (non-hydrogen) atoms. The third kappa shape index (κ3) is 4.52. The van der Waals surface area contributed by atoms with Crippen molar-refractivity contribution in [3.63, 3.8) is 0 Å². The average Bonchev–Trinajstić information content (AvgIpc) is 3.33. The van der Waals surface area contributed by atoms with Gasteiger partial charge in [0.15, 0.2) is 0 Å². The number of sulfone groups is 1. The minimum Gasteiger partial charge on any atom is -0.376 e. The summed E-state index contributed by atoms with van der Waals surface area (Å²) in [6.07, 6.45) is 4.92. The van der Waals surface area contributed by atoms with Crippen molar-refractivity contribution in [1.29, 1.82) is 0 Å². The lowest BCUT2D eigenvalue weighted by molar-refractivity contribution is 0.0934. The fourth-order valence-electron chi connectivity index (χ4n) is 4.05. The van der Waals surface area contributed by atoms with Gasteiger partial charge >= 0.3 is 0 Å². The van der Waals surface area contributed by atoms with Crippen LogP contribution >= 0.6 is 0 Å². The van der Waals surface area contributed by atoms with E-state index in [1.165, 1.54) is 22.6 Å². The predicted molar refractivity (Wildman–Crippen MR) is 113 cm³/mol. The molecule has 2 aromatic carbocycles. The molecule has 0 radical (unpaired) electrons. The standard InChI is InChI=1S/C22H27N3O3S/c1-24(14-18-9-5-8-17-7-3-4-11-21(17)18)15-19-13-23-22(29(2,26)27)25(19)16-20-10-6-12-28-20/h3-5,7-9,11,13,20H,6,10,12,14-16H2,1-2H3/t20-/m1/s1. The summed E-state index contributed by atoms with van der Waals surface area (Å²) < 4.78 is 32.0. The number of nitrogens with zero attached hydrogens (tertiary/aromatic N) is 3. The molecule has 7 heteroatoms. The van der Waals surface area contributed by atoms with E-state index in [9.17, 15) is 8.42 Å². The summed E-state index contributed by atoms with van der Waals surface area (Å²) in [4.78, 5) is 6.42. The van der Waals surface area contributed by atoms with E-state index in [-0.39, 0.29) is 11.3 Å². The molecule has 0 bridgehead atoms. The predicted octanol–water partition coefficient (Wildman–Crippen LogP) is 3.25. The second-order valence-corrected chi connectivity index (χ2v) is 9.77. The van der Waals surface area contributed by atoms with E-state index in [2.05, 4.69) is 46.3 Å². The lowest BCUT2D eigenvalue weighted by Gasteiger charge is -2.21. The van der Waals surface area contributed by atoms with E-state index in [0.29, 0.717) is 13.1 Å². The molecular formula is C22H27N3O3S. The summed E-state index contributed by atoms with van der Waals surface area (Å²) in [5.41, 5.74) is 2.14. The number of aromatic nitrogens is 2. The normalized spacial score (nSPS) is 17.4. The van der Waals surface area contributed by atoms with E-state index in [4.69, 9.17) is 4.74 Å². The molecule has 1 saturated heterocycles. The van der Waals surface area contributed by atoms with E-state index >= 15 is 0 Å². The number of fused-ring (bicyclic) bond motifs is 1. The number of hydrogen-bond acceptors (Lipinski definition) is 5. The molecule has 1 fully saturated rings. The first-order valence-electron chi connectivity index (χ1n) is 9.93. The molecule has 4 rings (SSSR count). The quantitative estimate of drug-likeness (QED) is 0.595. The molecular weight excluding hydrogens is 386 g/mol. The SMILES string of the molecule is CN(Cc1cccc2ccccc12)Cc1cnc(S(C)(=O)=O)n1C[C@H]1CCCO1. The van der Waals surface area contributed by atoms with Gasteiger partial charge in [-0.25, -0.2) is 13.4 Å². The molecule has 3 aromatic rings. The van der Waals surface area contributed by atoms with Crippen LogP contribution in [0.25, 0.3) is 10.8 Å². The molecule has 0 amide bonds. The van der Waals surface area contributed by atoms with Crippen LogP contribution in [-0.4, -0.2) is 48.9 Å². The van der Waals surface area contributed by atoms with Crippen LogP contribution in [0, 0.1) is 0 Å². The first-order valence-corrected chi connectivity index (χ1v) is 11.8. The number of imidazole rings is 1. The van der Waals surface area contributed by atoms with Gasteiger partial charge in [-0.15, -0.1) is 0 Å². The highest BCUT2D eigenvalue weighted by Crippen LogP contribution is 2.22. The van der Waals surface area contributed by atoms with Gasteiger partial charge in [0.25, 0.3) is 0 Å². The van der Waals surface area contributed by atoms with E-state index in [1.807, 2.05) is 17.7 Å². The van der Waals surface area contributed by atoms with Crippen LogP contribution in [0.3, 0.4) is 0 Å². The number of benzene rings is 2. The largest absolute Gasteiger partial charge is 0.376 e. The Morgan fingerprint density at radius 1 is 1.17 bits per heavy atom. The molecule has 1 aliphatic rings. The Morgan fingerprint density at radius 2 is 1.97 bits per heavy atom. The number of ether oxygens (including phenoxy) is 1. The second kappa shape index (κ2) is 8.26. The second-order valence-electron chi connectivity index (χ2n) is 7.86. The van der Waals surface area contributed by atoms with Crippen LogP contribution in [0.5, 0.6) is 0 Å². The molecule has 2 heterocycles. The zero-order valence-electron chi connectivity index (χ0n) is 16.9. The van der Waals surface area contributed by atoms with Crippen LogP contribution in [0.15, 0.2) is 53.8 Å². The van der Waals surface area contributed by atoms with Crippen molar-refractivity contribution in [2.45, 2.75) is 43.7 Å². The van der Waals surface area contributed by atoms with E-state index in [0.717, 1.165) is 31.7 Å². The van der Waals surface area contributed by atoms with Gasteiger partial charge in [0.05, 0.1) is 24.5 Å². The van der Waals surface area contributed by atoms with Crippen molar-refractivity contribution in [2.75, 3.05) is 19.9 Å². The van der Waals surface area contributed by atoms with Crippen molar-refractivity contribution in [3.05, 3.63) is 59.9 Å². The first kappa shape index (κ1) is 20.1. The summed E-state index contributed by atoms with van der Waals surface area (Å²) in [7, 11) is -1.35. The summed E-state index contributed by atoms with van der Waals surface area (Å²) >= 11 is 0. The lowest BCUT2D eigenvalue weighted by Crippen LogP contribution is -2.24. The maximum absolute atomic E-state index is 12.2. The Balaban J connectivity index is 1.57. The lowest BCUT2D eigenvalue weighted by atomic mass is 10.0. The smallest absolute Gasteiger partial charge is 0.227 e. The molecule has 154 valence electrons. The van der Waals surface area contributed by atoms with Crippen molar-refractivity contribution in [3.8, 4) is 0 Å². The van der Waals surface area contributed by atoms with Crippen LogP contribution in [0.4, 0.5) is 0 Å². The Hall–Kier alpha value is -2.22. The van der Waals surface area contributed by atoms with Crippen LogP contribution in [0.1, 0.15) is 24.1 Å². The molecule has 0 saturated carbocycles. The molecule has 0 spiro atoms. The highest BCUT2D eigenvalue weighted by Gasteiger charge is 2.24. The van der Waals surface area contributed by atoms with E-state index < -0.39 is 9.84 Å². The van der Waals surface area contributed by atoms with Gasteiger partial charge in [-0.05, 0) is 36.2 Å². The Labute approximate surface area is 172 Å². The zero-order valence-corrected chi connectivity index (χ0v) is 17.7. The fourth-order valence-corrected chi connectivity index (χ4v) is 4.89. The topological polar surface area (TPSA) is 64.4 Å². The van der Waals surface area contributed by atoms with Crippen LogP contribution in [0.2, 0.25) is 0 Å². The third-order valence-corrected chi connectivity index (χ3v) is 6.38. The summed E-state index contributed by atoms with van der Waals surface area (Å²) in [6, 6.07) is 14.7. The summed E-state index contributed by atoms with van der Waals surface area (Å²) in [5.74, 6) is 0. The Morgan fingerprint density at radius 3 is 2.72 bits per heavy atom. The minimum absolute atomic E-state index is 0.0480. The maximum atomic E-state index is 12.2. The zero-order chi connectivity index (χ0) is 20.4. The van der Waals surface area contributed by atoms with Gasteiger partial charge in [0.2, 0.25) is 15.0 Å². The van der Waals surface area contributed by atoms with Crippen molar-refractivity contribution >= 4 is 20.6 Å². The molecule has 1 atom stereocenters.